The molecule has 132 valence electrons. The quantitative estimate of drug-likeness (QED) is 0.744. The van der Waals surface area contributed by atoms with Gasteiger partial charge in [-0.25, -0.2) is 0 Å². The number of hydrogen-bond acceptors (Lipinski definition) is 3. The molecule has 5 rings (SSSR count). The first kappa shape index (κ1) is 16.4. The lowest BCUT2D eigenvalue weighted by molar-refractivity contribution is -0.255. The predicted octanol–water partition coefficient (Wildman–Crippen LogP) is 3.26. The van der Waals surface area contributed by atoms with E-state index in [1.54, 1.807) is 0 Å². The van der Waals surface area contributed by atoms with Crippen LogP contribution < -0.4 is 0 Å². The Morgan fingerprint density at radius 2 is 1.57 bits per heavy atom. The van der Waals surface area contributed by atoms with Crippen LogP contribution in [0.2, 0.25) is 0 Å². The van der Waals surface area contributed by atoms with E-state index in [0.717, 1.165) is 44.9 Å². The lowest BCUT2D eigenvalue weighted by Gasteiger charge is -2.67. The Bertz CT molecular complexity index is 475. The zero-order valence-electron chi connectivity index (χ0n) is 15.0. The molecule has 0 aromatic heterocycles. The monoisotopic (exact) mass is 322 g/mol. The first-order valence-corrected chi connectivity index (χ1v) is 9.72. The van der Waals surface area contributed by atoms with E-state index in [4.69, 9.17) is 0 Å². The van der Waals surface area contributed by atoms with Gasteiger partial charge in [-0.1, -0.05) is 20.8 Å². The highest BCUT2D eigenvalue weighted by Crippen LogP contribution is 2.69. The van der Waals surface area contributed by atoms with Crippen molar-refractivity contribution in [1.29, 1.82) is 0 Å². The van der Waals surface area contributed by atoms with Crippen molar-refractivity contribution in [3.63, 3.8) is 0 Å². The molecule has 5 fully saturated rings. The molecule has 0 saturated heterocycles. The Balaban J connectivity index is 1.48. The van der Waals surface area contributed by atoms with E-state index in [1.165, 1.54) is 6.42 Å². The van der Waals surface area contributed by atoms with Crippen LogP contribution in [0.3, 0.4) is 0 Å². The van der Waals surface area contributed by atoms with Crippen LogP contribution in [0.25, 0.3) is 0 Å². The first-order chi connectivity index (χ1) is 10.6. The van der Waals surface area contributed by atoms with Crippen LogP contribution in [-0.2, 0) is 0 Å². The van der Waals surface area contributed by atoms with Gasteiger partial charge >= 0.3 is 0 Å². The van der Waals surface area contributed by atoms with Crippen molar-refractivity contribution >= 4 is 0 Å². The van der Waals surface area contributed by atoms with Gasteiger partial charge in [-0.05, 0) is 80.0 Å². The zero-order chi connectivity index (χ0) is 16.7. The van der Waals surface area contributed by atoms with E-state index in [0.29, 0.717) is 24.2 Å². The van der Waals surface area contributed by atoms with Gasteiger partial charge in [0.1, 0.15) is 0 Å². The Morgan fingerprint density at radius 1 is 1.00 bits per heavy atom. The van der Waals surface area contributed by atoms with E-state index >= 15 is 0 Å². The summed E-state index contributed by atoms with van der Waals surface area (Å²) >= 11 is 0. The number of rotatable bonds is 4. The predicted molar refractivity (Wildman–Crippen MR) is 89.8 cm³/mol. The van der Waals surface area contributed by atoms with E-state index in [2.05, 4.69) is 20.8 Å². The molecule has 0 heterocycles. The fraction of sp³-hybridized carbons (Fsp3) is 1.00. The second kappa shape index (κ2) is 4.74. The average Bonchev–Trinajstić information content (AvgIpc) is 2.31. The Labute approximate surface area is 140 Å². The molecular weight excluding hydrogens is 288 g/mol. The lowest BCUT2D eigenvalue weighted by atomic mass is 9.40. The molecule has 3 N–H and O–H groups in total. The molecule has 0 aromatic rings. The van der Waals surface area contributed by atoms with Gasteiger partial charge in [-0.3, -0.25) is 0 Å². The molecule has 5 aliphatic rings. The summed E-state index contributed by atoms with van der Waals surface area (Å²) < 4.78 is 0. The van der Waals surface area contributed by atoms with Gasteiger partial charge in [0.15, 0.2) is 0 Å². The molecule has 4 bridgehead atoms. The van der Waals surface area contributed by atoms with Crippen molar-refractivity contribution in [3.8, 4) is 0 Å². The van der Waals surface area contributed by atoms with Crippen LogP contribution in [0.1, 0.15) is 78.6 Å². The van der Waals surface area contributed by atoms with Gasteiger partial charge in [0.25, 0.3) is 0 Å². The minimum atomic E-state index is -0.611. The van der Waals surface area contributed by atoms with Crippen LogP contribution in [0, 0.1) is 28.6 Å². The Morgan fingerprint density at radius 3 is 2.04 bits per heavy atom. The van der Waals surface area contributed by atoms with E-state index < -0.39 is 11.2 Å². The fourth-order valence-corrected chi connectivity index (χ4v) is 7.13. The molecule has 3 nitrogen and oxygen atoms in total. The molecule has 23 heavy (non-hydrogen) atoms. The minimum Gasteiger partial charge on any atom is -0.392 e. The van der Waals surface area contributed by atoms with Gasteiger partial charge in [-0.2, -0.15) is 0 Å². The van der Waals surface area contributed by atoms with Crippen LogP contribution >= 0.6 is 0 Å². The molecule has 5 aliphatic carbocycles. The smallest absolute Gasteiger partial charge is 0.0683 e. The summed E-state index contributed by atoms with van der Waals surface area (Å²) in [4.78, 5) is 0. The molecule has 0 aliphatic heterocycles. The highest BCUT2D eigenvalue weighted by Gasteiger charge is 2.66. The number of aliphatic hydroxyl groups is 3. The highest BCUT2D eigenvalue weighted by atomic mass is 16.3. The summed E-state index contributed by atoms with van der Waals surface area (Å²) in [5, 5.41) is 32.6. The molecular formula is C20H34O3. The molecule has 5 saturated carbocycles. The topological polar surface area (TPSA) is 60.7 Å². The summed E-state index contributed by atoms with van der Waals surface area (Å²) in [5.41, 5.74) is -1.08. The van der Waals surface area contributed by atoms with Crippen LogP contribution in [-0.4, -0.2) is 32.6 Å². The van der Waals surface area contributed by atoms with Crippen LogP contribution in [0.5, 0.6) is 0 Å². The van der Waals surface area contributed by atoms with E-state index in [-0.39, 0.29) is 16.9 Å². The average molecular weight is 322 g/mol. The van der Waals surface area contributed by atoms with Gasteiger partial charge < -0.3 is 15.3 Å². The summed E-state index contributed by atoms with van der Waals surface area (Å²) in [6.07, 6.45) is 8.34. The molecule has 0 spiro atoms. The largest absolute Gasteiger partial charge is 0.392 e. The van der Waals surface area contributed by atoms with Crippen molar-refractivity contribution in [2.45, 2.75) is 95.9 Å². The second-order valence-corrected chi connectivity index (χ2v) is 10.5. The van der Waals surface area contributed by atoms with Gasteiger partial charge in [0, 0.05) is 6.42 Å². The third-order valence-corrected chi connectivity index (χ3v) is 8.25. The molecule has 3 unspecified atom stereocenters. The summed E-state index contributed by atoms with van der Waals surface area (Å²) in [6, 6.07) is 0. The van der Waals surface area contributed by atoms with Gasteiger partial charge in [-0.15, -0.1) is 0 Å². The lowest BCUT2D eigenvalue weighted by Crippen LogP contribution is -2.66. The van der Waals surface area contributed by atoms with Gasteiger partial charge in [0.2, 0.25) is 0 Å². The Hall–Kier alpha value is -0.120. The maximum absolute atomic E-state index is 10.9. The van der Waals surface area contributed by atoms with Crippen molar-refractivity contribution < 1.29 is 15.3 Å². The zero-order valence-corrected chi connectivity index (χ0v) is 15.0. The molecule has 0 radical (unpaired) electrons. The number of aliphatic hydroxyl groups excluding tert-OH is 1. The fourth-order valence-electron chi connectivity index (χ4n) is 7.13. The van der Waals surface area contributed by atoms with Crippen LogP contribution in [0.4, 0.5) is 0 Å². The van der Waals surface area contributed by atoms with Crippen LogP contribution in [0.15, 0.2) is 0 Å². The third kappa shape index (κ3) is 2.41. The van der Waals surface area contributed by atoms with Crippen molar-refractivity contribution in [2.75, 3.05) is 0 Å². The second-order valence-electron chi connectivity index (χ2n) is 10.5. The van der Waals surface area contributed by atoms with E-state index in [9.17, 15) is 15.3 Å². The molecule has 0 amide bonds. The summed E-state index contributed by atoms with van der Waals surface area (Å²) in [6.45, 7) is 6.49. The first-order valence-electron chi connectivity index (χ1n) is 9.72. The van der Waals surface area contributed by atoms with Crippen molar-refractivity contribution in [1.82, 2.24) is 0 Å². The third-order valence-electron chi connectivity index (χ3n) is 8.25. The normalized spacial score (nSPS) is 53.2. The minimum absolute atomic E-state index is 0.00644. The molecule has 0 aromatic carbocycles. The summed E-state index contributed by atoms with van der Waals surface area (Å²) in [7, 11) is 0. The number of hydrogen-bond donors (Lipinski definition) is 3. The summed E-state index contributed by atoms with van der Waals surface area (Å²) in [5.74, 6) is 1.51. The Kier molecular flexibility index (Phi) is 3.37. The SMILES string of the molecule is CCC(C)(C)C(O)C1CC(C23CC4CC(O)(CC(O)(C4)C2)C3)C1. The standard InChI is InChI=1S/C20H34O3/c1-4-17(2,3)16(21)14-5-15(6-14)18-7-13-8-19(22,10-18)12-20(23,9-13)11-18/h13-16,21-23H,4-12H2,1-3H3. The maximum Gasteiger partial charge on any atom is 0.0683 e. The van der Waals surface area contributed by atoms with Gasteiger partial charge in [0.05, 0.1) is 17.3 Å². The molecule has 3 heteroatoms. The highest BCUT2D eigenvalue weighted by molar-refractivity contribution is 5.17. The van der Waals surface area contributed by atoms with Crippen molar-refractivity contribution in [2.24, 2.45) is 28.6 Å². The molecule has 3 atom stereocenters. The van der Waals surface area contributed by atoms with Crippen molar-refractivity contribution in [3.05, 3.63) is 0 Å². The maximum atomic E-state index is 10.9. The van der Waals surface area contributed by atoms with E-state index in [1.807, 2.05) is 0 Å².